The van der Waals surface area contributed by atoms with Crippen LogP contribution in [0.25, 0.3) is 12.2 Å². The average molecular weight is 326 g/mol. The van der Waals surface area contributed by atoms with Gasteiger partial charge in [0.1, 0.15) is 11.5 Å². The highest BCUT2D eigenvalue weighted by molar-refractivity contribution is 5.74. The highest BCUT2D eigenvalue weighted by atomic mass is 16.5. The van der Waals surface area contributed by atoms with Crippen LogP contribution in [0.4, 0.5) is 0 Å². The molecule has 0 saturated carbocycles. The number of phenols is 3. The molecule has 2 rings (SSSR count). The number of benzene rings is 2. The number of hydrogen-bond donors (Lipinski definition) is 3. The number of methoxy groups -OCH3 is 1. The minimum absolute atomic E-state index is 0.00250. The number of aromatic hydroxyl groups is 3. The van der Waals surface area contributed by atoms with Crippen molar-refractivity contribution in [2.24, 2.45) is 0 Å². The zero-order chi connectivity index (χ0) is 17.7. The van der Waals surface area contributed by atoms with Crippen LogP contribution in [0, 0.1) is 0 Å². The van der Waals surface area contributed by atoms with E-state index in [1.807, 2.05) is 26.0 Å². The fourth-order valence-electron chi connectivity index (χ4n) is 2.43. The van der Waals surface area contributed by atoms with Crippen LogP contribution < -0.4 is 4.74 Å². The standard InChI is InChI=1S/C20H22O4/c1-13(2)4-8-18-15(7-9-19(23)20(18)24-3)6-5-14-10-16(21)12-17(22)11-14/h4-7,9-12,21-23H,8H2,1-3H3/b6-5+. The summed E-state index contributed by atoms with van der Waals surface area (Å²) in [6.45, 7) is 4.03. The smallest absolute Gasteiger partial charge is 0.164 e. The van der Waals surface area contributed by atoms with Crippen LogP contribution in [0.15, 0.2) is 42.0 Å². The van der Waals surface area contributed by atoms with Gasteiger partial charge in [0.2, 0.25) is 0 Å². The maximum Gasteiger partial charge on any atom is 0.164 e. The first-order chi connectivity index (χ1) is 11.4. The predicted molar refractivity (Wildman–Crippen MR) is 96.5 cm³/mol. The van der Waals surface area contributed by atoms with Gasteiger partial charge in [-0.15, -0.1) is 0 Å². The topological polar surface area (TPSA) is 69.9 Å². The van der Waals surface area contributed by atoms with Gasteiger partial charge in [-0.3, -0.25) is 0 Å². The van der Waals surface area contributed by atoms with Crippen molar-refractivity contribution in [3.8, 4) is 23.0 Å². The van der Waals surface area contributed by atoms with E-state index >= 15 is 0 Å². The summed E-state index contributed by atoms with van der Waals surface area (Å²) in [6.07, 6.45) is 6.35. The zero-order valence-electron chi connectivity index (χ0n) is 14.1. The molecule has 0 unspecified atom stereocenters. The number of hydrogen-bond acceptors (Lipinski definition) is 4. The Morgan fingerprint density at radius 2 is 1.67 bits per heavy atom. The largest absolute Gasteiger partial charge is 0.508 e. The summed E-state index contributed by atoms with van der Waals surface area (Å²) < 4.78 is 5.35. The maximum atomic E-state index is 10.0. The third-order valence-corrected chi connectivity index (χ3v) is 3.57. The number of allylic oxidation sites excluding steroid dienone is 2. The average Bonchev–Trinajstić information content (AvgIpc) is 2.50. The summed E-state index contributed by atoms with van der Waals surface area (Å²) in [4.78, 5) is 0. The lowest BCUT2D eigenvalue weighted by atomic mass is 10.00. The molecule has 0 aliphatic heterocycles. The summed E-state index contributed by atoms with van der Waals surface area (Å²) in [5.41, 5.74) is 3.62. The Morgan fingerprint density at radius 1 is 1.00 bits per heavy atom. The quantitative estimate of drug-likeness (QED) is 0.559. The van der Waals surface area contributed by atoms with Gasteiger partial charge in [-0.2, -0.15) is 0 Å². The highest BCUT2D eigenvalue weighted by Gasteiger charge is 2.11. The van der Waals surface area contributed by atoms with Crippen molar-refractivity contribution in [2.75, 3.05) is 7.11 Å². The lowest BCUT2D eigenvalue weighted by Crippen LogP contribution is -1.95. The SMILES string of the molecule is COc1c(O)ccc(/C=C/c2cc(O)cc(O)c2)c1CC=C(C)C. The van der Waals surface area contributed by atoms with E-state index in [2.05, 4.69) is 6.08 Å². The van der Waals surface area contributed by atoms with Gasteiger partial charge in [0.15, 0.2) is 11.5 Å². The van der Waals surface area contributed by atoms with E-state index in [0.29, 0.717) is 17.7 Å². The van der Waals surface area contributed by atoms with Crippen LogP contribution in [-0.4, -0.2) is 22.4 Å². The Bertz CT molecular complexity index is 764. The van der Waals surface area contributed by atoms with Crippen molar-refractivity contribution in [2.45, 2.75) is 20.3 Å². The summed E-state index contributed by atoms with van der Waals surface area (Å²) in [5.74, 6) is 0.556. The minimum atomic E-state index is 0.00250. The molecule has 0 radical (unpaired) electrons. The van der Waals surface area contributed by atoms with Crippen molar-refractivity contribution in [3.63, 3.8) is 0 Å². The maximum absolute atomic E-state index is 10.0. The van der Waals surface area contributed by atoms with E-state index in [1.165, 1.54) is 18.7 Å². The van der Waals surface area contributed by atoms with Gasteiger partial charge in [-0.05, 0) is 49.6 Å². The first-order valence-corrected chi connectivity index (χ1v) is 7.64. The molecule has 0 amide bonds. The molecule has 4 nitrogen and oxygen atoms in total. The molecule has 24 heavy (non-hydrogen) atoms. The van der Waals surface area contributed by atoms with Crippen molar-refractivity contribution in [1.82, 2.24) is 0 Å². The third-order valence-electron chi connectivity index (χ3n) is 3.57. The Balaban J connectivity index is 2.45. The van der Waals surface area contributed by atoms with E-state index in [-0.39, 0.29) is 17.2 Å². The Morgan fingerprint density at radius 3 is 2.25 bits per heavy atom. The second kappa shape index (κ2) is 7.59. The van der Waals surface area contributed by atoms with Crippen LogP contribution in [0.1, 0.15) is 30.5 Å². The van der Waals surface area contributed by atoms with Crippen LogP contribution in [0.2, 0.25) is 0 Å². The molecule has 126 valence electrons. The molecule has 0 spiro atoms. The van der Waals surface area contributed by atoms with Gasteiger partial charge in [0.05, 0.1) is 7.11 Å². The molecule has 0 aliphatic carbocycles. The van der Waals surface area contributed by atoms with Crippen LogP contribution in [0.3, 0.4) is 0 Å². The molecular formula is C20H22O4. The molecule has 3 N–H and O–H groups in total. The number of rotatable bonds is 5. The van der Waals surface area contributed by atoms with Gasteiger partial charge in [-0.1, -0.05) is 29.9 Å². The highest BCUT2D eigenvalue weighted by Crippen LogP contribution is 2.34. The lowest BCUT2D eigenvalue weighted by molar-refractivity contribution is 0.370. The van der Waals surface area contributed by atoms with Crippen molar-refractivity contribution < 1.29 is 20.1 Å². The first kappa shape index (κ1) is 17.5. The van der Waals surface area contributed by atoms with Gasteiger partial charge in [0.25, 0.3) is 0 Å². The fourth-order valence-corrected chi connectivity index (χ4v) is 2.43. The molecule has 0 saturated heterocycles. The van der Waals surface area contributed by atoms with Gasteiger partial charge in [-0.25, -0.2) is 0 Å². The molecule has 0 aliphatic rings. The summed E-state index contributed by atoms with van der Waals surface area (Å²) in [6, 6.07) is 7.80. The normalized spacial score (nSPS) is 10.8. The molecule has 0 aromatic heterocycles. The Kier molecular flexibility index (Phi) is 5.53. The fraction of sp³-hybridized carbons (Fsp3) is 0.200. The summed E-state index contributed by atoms with van der Waals surface area (Å²) in [5, 5.41) is 29.1. The third kappa shape index (κ3) is 4.32. The molecule has 4 heteroatoms. The predicted octanol–water partition coefficient (Wildman–Crippen LogP) is 4.49. The second-order valence-electron chi connectivity index (χ2n) is 5.79. The van der Waals surface area contributed by atoms with Crippen molar-refractivity contribution in [1.29, 1.82) is 0 Å². The van der Waals surface area contributed by atoms with E-state index in [4.69, 9.17) is 4.74 Å². The van der Waals surface area contributed by atoms with E-state index in [9.17, 15) is 15.3 Å². The van der Waals surface area contributed by atoms with Gasteiger partial charge >= 0.3 is 0 Å². The van der Waals surface area contributed by atoms with Crippen molar-refractivity contribution in [3.05, 3.63) is 58.7 Å². The molecule has 2 aromatic rings. The molecule has 0 bridgehead atoms. The number of phenolic OH excluding ortho intramolecular Hbond substituents is 3. The summed E-state index contributed by atoms with van der Waals surface area (Å²) >= 11 is 0. The number of ether oxygens (including phenoxy) is 1. The van der Waals surface area contributed by atoms with Crippen LogP contribution >= 0.6 is 0 Å². The van der Waals surface area contributed by atoms with E-state index in [1.54, 1.807) is 24.3 Å². The van der Waals surface area contributed by atoms with E-state index in [0.717, 1.165) is 11.1 Å². The Labute approximate surface area is 142 Å². The van der Waals surface area contributed by atoms with Gasteiger partial charge < -0.3 is 20.1 Å². The van der Waals surface area contributed by atoms with Crippen LogP contribution in [0.5, 0.6) is 23.0 Å². The molecular weight excluding hydrogens is 304 g/mol. The second-order valence-corrected chi connectivity index (χ2v) is 5.79. The van der Waals surface area contributed by atoms with Crippen LogP contribution in [-0.2, 0) is 6.42 Å². The van der Waals surface area contributed by atoms with E-state index < -0.39 is 0 Å². The molecule has 2 aromatic carbocycles. The minimum Gasteiger partial charge on any atom is -0.508 e. The summed E-state index contributed by atoms with van der Waals surface area (Å²) in [7, 11) is 1.53. The monoisotopic (exact) mass is 326 g/mol. The zero-order valence-corrected chi connectivity index (χ0v) is 14.1. The lowest BCUT2D eigenvalue weighted by Gasteiger charge is -2.12. The molecule has 0 heterocycles. The van der Waals surface area contributed by atoms with Gasteiger partial charge in [0, 0.05) is 11.6 Å². The van der Waals surface area contributed by atoms with Crippen molar-refractivity contribution >= 4 is 12.2 Å². The Hall–Kier alpha value is -2.88. The first-order valence-electron chi connectivity index (χ1n) is 7.64. The molecule has 0 atom stereocenters. The molecule has 0 fully saturated rings.